The lowest BCUT2D eigenvalue weighted by Crippen LogP contribution is -2.42. The number of likely N-dealkylation sites (tertiary alicyclic amines) is 1. The summed E-state index contributed by atoms with van der Waals surface area (Å²) >= 11 is 13.6. The van der Waals surface area contributed by atoms with E-state index in [0.29, 0.717) is 54.3 Å². The average Bonchev–Trinajstić information content (AvgIpc) is 3.87. The number of amides is 1. The summed E-state index contributed by atoms with van der Waals surface area (Å²) in [7, 11) is 1.91. The zero-order valence-corrected chi connectivity index (χ0v) is 34.2. The molecule has 3 aromatic heterocycles. The average molecular weight is 794 g/mol. The second-order valence-electron chi connectivity index (χ2n) is 15.4. The fourth-order valence-electron chi connectivity index (χ4n) is 8.88. The minimum atomic E-state index is -1.02. The molecule has 2 aliphatic rings. The van der Waals surface area contributed by atoms with Gasteiger partial charge < -0.3 is 23.9 Å². The number of aryl methyl sites for hydroxylation is 6. The van der Waals surface area contributed by atoms with E-state index in [1.54, 1.807) is 23.1 Å². The van der Waals surface area contributed by atoms with Crippen molar-refractivity contribution in [3.8, 4) is 16.9 Å². The molecular formula is C44H46Cl2N6O4. The van der Waals surface area contributed by atoms with Crippen LogP contribution in [0.4, 0.5) is 5.69 Å². The lowest BCUT2D eigenvalue weighted by atomic mass is 9.97. The summed E-state index contributed by atoms with van der Waals surface area (Å²) in [5.74, 6) is 0.393. The summed E-state index contributed by atoms with van der Waals surface area (Å²) in [5.41, 5.74) is 9.41. The van der Waals surface area contributed by atoms with E-state index in [4.69, 9.17) is 37.9 Å². The number of carboxylic acids is 1. The first-order chi connectivity index (χ1) is 26.8. The second-order valence-corrected chi connectivity index (χ2v) is 16.2. The Labute approximate surface area is 336 Å². The molecule has 0 saturated carbocycles. The predicted octanol–water partition coefficient (Wildman–Crippen LogP) is 9.66. The number of rotatable bonds is 10. The predicted molar refractivity (Wildman–Crippen MR) is 223 cm³/mol. The Bertz CT molecular complexity index is 2520. The molecule has 8 rings (SSSR count). The number of anilines is 1. The number of carbonyl (C=O) groups excluding carboxylic acids is 1. The van der Waals surface area contributed by atoms with Gasteiger partial charge in [-0.25, -0.2) is 14.8 Å². The largest absolute Gasteiger partial charge is 0.494 e. The van der Waals surface area contributed by atoms with Crippen molar-refractivity contribution in [2.45, 2.75) is 72.9 Å². The van der Waals surface area contributed by atoms with E-state index < -0.39 is 5.97 Å². The van der Waals surface area contributed by atoms with Crippen LogP contribution < -0.4 is 9.64 Å². The van der Waals surface area contributed by atoms with Crippen LogP contribution >= 0.6 is 23.2 Å². The zero-order chi connectivity index (χ0) is 39.6. The summed E-state index contributed by atoms with van der Waals surface area (Å²) < 4.78 is 10.4. The van der Waals surface area contributed by atoms with Crippen molar-refractivity contribution < 1.29 is 19.4 Å². The molecule has 0 spiro atoms. The molecule has 1 saturated heterocycles. The maximum Gasteiger partial charge on any atom is 0.335 e. The molecule has 5 heterocycles. The normalized spacial score (nSPS) is 16.0. The number of aromatic nitrogens is 4. The first-order valence-corrected chi connectivity index (χ1v) is 20.0. The molecule has 12 heteroatoms. The van der Waals surface area contributed by atoms with Crippen LogP contribution in [-0.2, 0) is 20.0 Å². The van der Waals surface area contributed by atoms with Crippen molar-refractivity contribution in [2.24, 2.45) is 7.05 Å². The highest BCUT2D eigenvalue weighted by Gasteiger charge is 2.37. The molecule has 56 heavy (non-hydrogen) atoms. The van der Waals surface area contributed by atoms with Crippen molar-refractivity contribution >= 4 is 62.6 Å². The molecule has 1 fully saturated rings. The third-order valence-electron chi connectivity index (χ3n) is 11.4. The number of fused-ring (bicyclic) bond motifs is 4. The first-order valence-electron chi connectivity index (χ1n) is 19.3. The van der Waals surface area contributed by atoms with Crippen molar-refractivity contribution in [1.82, 2.24) is 24.0 Å². The molecule has 0 aliphatic carbocycles. The van der Waals surface area contributed by atoms with Gasteiger partial charge in [0.1, 0.15) is 17.3 Å². The number of nitrogens with zero attached hydrogens (tertiary/aromatic N) is 6. The molecule has 0 bridgehead atoms. The molecule has 1 atom stereocenters. The monoisotopic (exact) mass is 792 g/mol. The molecule has 2 aliphatic heterocycles. The van der Waals surface area contributed by atoms with Crippen LogP contribution in [0.5, 0.6) is 5.75 Å². The number of halogens is 2. The Kier molecular flexibility index (Phi) is 10.1. The minimum absolute atomic E-state index is 0.153. The Morgan fingerprint density at radius 1 is 0.946 bits per heavy atom. The highest BCUT2D eigenvalue weighted by atomic mass is 35.5. The van der Waals surface area contributed by atoms with Gasteiger partial charge in [0.05, 0.1) is 34.9 Å². The molecule has 290 valence electrons. The summed E-state index contributed by atoms with van der Waals surface area (Å²) in [5, 5.41) is 12.8. The number of ether oxygens (including phenoxy) is 1. The topological polar surface area (TPSA) is 106 Å². The van der Waals surface area contributed by atoms with Gasteiger partial charge in [-0.05, 0) is 126 Å². The van der Waals surface area contributed by atoms with E-state index in [2.05, 4.69) is 16.4 Å². The van der Waals surface area contributed by atoms with E-state index in [-0.39, 0.29) is 17.5 Å². The summed E-state index contributed by atoms with van der Waals surface area (Å²) in [6, 6.07) is 12.7. The van der Waals surface area contributed by atoms with Gasteiger partial charge in [0.25, 0.3) is 5.91 Å². The molecule has 10 nitrogen and oxygen atoms in total. The first kappa shape index (κ1) is 38.0. The number of carboxylic acid groups (broad SMARTS) is 1. The van der Waals surface area contributed by atoms with Crippen LogP contribution in [0.2, 0.25) is 10.0 Å². The molecular weight excluding hydrogens is 747 g/mol. The second kappa shape index (κ2) is 14.9. The number of hydrogen-bond donors (Lipinski definition) is 1. The standard InChI is InChI=1S/C44H46Cl2N6O4/c1-24-18-30(19-25(2)40(24)46)56-17-9-10-31-32-12-13-34(45)39(38-27(4)47-37(48-28(38)5)23-50-15-7-8-16-50)41(32)52-26(3)21-51(43(53)42(31)52)36-22-49(6)35-14-11-29(44(54)55)20-33(35)36/h11-14,18-20,22,26H,7-10,15-17,21,23H2,1-6H3,(H,54,55). The van der Waals surface area contributed by atoms with Crippen LogP contribution in [0, 0.1) is 27.7 Å². The van der Waals surface area contributed by atoms with Crippen LogP contribution in [0.25, 0.3) is 32.9 Å². The zero-order valence-electron chi connectivity index (χ0n) is 32.7. The Hall–Kier alpha value is -4.90. The van der Waals surface area contributed by atoms with Crippen molar-refractivity contribution in [2.75, 3.05) is 31.1 Å². The Morgan fingerprint density at radius 2 is 1.64 bits per heavy atom. The molecule has 1 amide bonds. The van der Waals surface area contributed by atoms with E-state index in [9.17, 15) is 9.90 Å². The number of aromatic carboxylic acids is 1. The highest BCUT2D eigenvalue weighted by Crippen LogP contribution is 2.45. The van der Waals surface area contributed by atoms with E-state index >= 15 is 4.79 Å². The molecule has 1 N–H and O–H groups in total. The minimum Gasteiger partial charge on any atom is -0.494 e. The number of hydrogen-bond acceptors (Lipinski definition) is 6. The smallest absolute Gasteiger partial charge is 0.335 e. The van der Waals surface area contributed by atoms with Crippen LogP contribution in [0.1, 0.15) is 87.0 Å². The van der Waals surface area contributed by atoms with Gasteiger partial charge in [0.15, 0.2) is 0 Å². The van der Waals surface area contributed by atoms with Gasteiger partial charge in [-0.15, -0.1) is 0 Å². The maximum atomic E-state index is 15.1. The van der Waals surface area contributed by atoms with Crippen LogP contribution in [-0.4, -0.2) is 67.2 Å². The van der Waals surface area contributed by atoms with E-state index in [0.717, 1.165) is 85.3 Å². The Morgan fingerprint density at radius 3 is 2.32 bits per heavy atom. The highest BCUT2D eigenvalue weighted by molar-refractivity contribution is 6.35. The fraction of sp³-hybridized carbons (Fsp3) is 0.364. The van der Waals surface area contributed by atoms with Crippen LogP contribution in [0.3, 0.4) is 0 Å². The van der Waals surface area contributed by atoms with Crippen molar-refractivity contribution in [3.05, 3.63) is 104 Å². The van der Waals surface area contributed by atoms with Gasteiger partial charge in [-0.3, -0.25) is 9.69 Å². The van der Waals surface area contributed by atoms with Gasteiger partial charge in [0.2, 0.25) is 0 Å². The summed E-state index contributed by atoms with van der Waals surface area (Å²) in [6.07, 6.45) is 5.52. The third kappa shape index (κ3) is 6.61. The molecule has 1 unspecified atom stereocenters. The number of benzene rings is 3. The van der Waals surface area contributed by atoms with Gasteiger partial charge >= 0.3 is 5.97 Å². The summed E-state index contributed by atoms with van der Waals surface area (Å²) in [4.78, 5) is 41.4. The van der Waals surface area contributed by atoms with E-state index in [1.165, 1.54) is 12.8 Å². The molecule has 0 radical (unpaired) electrons. The molecule has 3 aromatic carbocycles. The van der Waals surface area contributed by atoms with Crippen molar-refractivity contribution in [1.29, 1.82) is 0 Å². The van der Waals surface area contributed by atoms with E-state index in [1.807, 2.05) is 69.8 Å². The lowest BCUT2D eigenvalue weighted by molar-refractivity contribution is 0.0696. The third-order valence-corrected chi connectivity index (χ3v) is 12.4. The van der Waals surface area contributed by atoms with Crippen LogP contribution in [0.15, 0.2) is 48.7 Å². The van der Waals surface area contributed by atoms with Crippen molar-refractivity contribution in [3.63, 3.8) is 0 Å². The molecule has 6 aromatic rings. The van der Waals surface area contributed by atoms with Gasteiger partial charge in [-0.2, -0.15) is 0 Å². The fourth-order valence-corrected chi connectivity index (χ4v) is 9.24. The maximum absolute atomic E-state index is 15.1. The quantitative estimate of drug-likeness (QED) is 0.138. The summed E-state index contributed by atoms with van der Waals surface area (Å²) in [6.45, 7) is 13.7. The lowest BCUT2D eigenvalue weighted by Gasteiger charge is -2.34. The van der Waals surface area contributed by atoms with Gasteiger partial charge in [0, 0.05) is 69.7 Å². The van der Waals surface area contributed by atoms with Gasteiger partial charge in [-0.1, -0.05) is 29.3 Å². The Balaban J connectivity index is 1.26. The number of carbonyl (C=O) groups is 2. The SMILES string of the molecule is Cc1cc(OCCCc2c3n(c4c(-c5c(C)nc(CN6CCCC6)nc5C)c(Cl)ccc24)C(C)CN(c2cn(C)c4ccc(C(=O)O)cc24)C3=O)cc(C)c1Cl.